The van der Waals surface area contributed by atoms with Crippen molar-refractivity contribution in [2.24, 2.45) is 11.8 Å². The Morgan fingerprint density at radius 2 is 2.00 bits per heavy atom. The van der Waals surface area contributed by atoms with Gasteiger partial charge in [0, 0.05) is 13.2 Å². The average molecular weight is 288 g/mol. The number of halogens is 2. The van der Waals surface area contributed by atoms with Crippen LogP contribution in [0.2, 0.25) is 5.02 Å². The lowest BCUT2D eigenvalue weighted by Crippen LogP contribution is -2.21. The van der Waals surface area contributed by atoms with Gasteiger partial charge in [-0.15, -0.1) is 0 Å². The van der Waals surface area contributed by atoms with Crippen molar-refractivity contribution in [3.8, 4) is 0 Å². The van der Waals surface area contributed by atoms with Gasteiger partial charge in [0.2, 0.25) is 0 Å². The molecule has 19 heavy (non-hydrogen) atoms. The van der Waals surface area contributed by atoms with E-state index in [0.29, 0.717) is 12.5 Å². The van der Waals surface area contributed by atoms with E-state index in [4.69, 9.17) is 23.1 Å². The summed E-state index contributed by atoms with van der Waals surface area (Å²) in [4.78, 5) is 0. The second kappa shape index (κ2) is 5.84. The van der Waals surface area contributed by atoms with E-state index >= 15 is 0 Å². The first-order chi connectivity index (χ1) is 9.04. The standard InChI is InChI=1S/C13H19ClFN3O/c14-11-9(16)4-10(17)13(12(11)15)18-5-7-2-1-3-8(7)6-19/h4,7-8,18-19H,1-3,5-6,16-17H2. The first-order valence-electron chi connectivity index (χ1n) is 6.42. The van der Waals surface area contributed by atoms with Crippen LogP contribution in [0, 0.1) is 17.7 Å². The number of hydrogen-bond acceptors (Lipinski definition) is 4. The Morgan fingerprint density at radius 3 is 2.68 bits per heavy atom. The summed E-state index contributed by atoms with van der Waals surface area (Å²) >= 11 is 5.77. The van der Waals surface area contributed by atoms with Gasteiger partial charge in [-0.25, -0.2) is 4.39 Å². The van der Waals surface area contributed by atoms with Crippen LogP contribution in [0.1, 0.15) is 19.3 Å². The highest BCUT2D eigenvalue weighted by Gasteiger charge is 2.27. The third-order valence-corrected chi connectivity index (χ3v) is 4.24. The number of benzene rings is 1. The van der Waals surface area contributed by atoms with E-state index in [-0.39, 0.29) is 34.6 Å². The molecule has 2 unspecified atom stereocenters. The van der Waals surface area contributed by atoms with Crippen molar-refractivity contribution < 1.29 is 9.50 Å². The van der Waals surface area contributed by atoms with Gasteiger partial charge in [0.1, 0.15) is 5.02 Å². The van der Waals surface area contributed by atoms with E-state index in [1.54, 1.807) is 0 Å². The maximum absolute atomic E-state index is 14.0. The minimum Gasteiger partial charge on any atom is -0.397 e. The van der Waals surface area contributed by atoms with Crippen LogP contribution in [0.15, 0.2) is 6.07 Å². The molecule has 1 aliphatic carbocycles. The monoisotopic (exact) mass is 287 g/mol. The number of anilines is 3. The maximum Gasteiger partial charge on any atom is 0.169 e. The Kier molecular flexibility index (Phi) is 4.37. The molecular formula is C13H19ClFN3O. The highest BCUT2D eigenvalue weighted by atomic mass is 35.5. The molecule has 4 nitrogen and oxygen atoms in total. The van der Waals surface area contributed by atoms with Gasteiger partial charge in [0.15, 0.2) is 5.82 Å². The van der Waals surface area contributed by atoms with Crippen molar-refractivity contribution in [2.75, 3.05) is 29.9 Å². The van der Waals surface area contributed by atoms with Crippen LogP contribution < -0.4 is 16.8 Å². The van der Waals surface area contributed by atoms with Crippen molar-refractivity contribution in [1.82, 2.24) is 0 Å². The summed E-state index contributed by atoms with van der Waals surface area (Å²) in [6.07, 6.45) is 3.14. The lowest BCUT2D eigenvalue weighted by molar-refractivity contribution is 0.199. The predicted molar refractivity (Wildman–Crippen MR) is 76.6 cm³/mol. The molecule has 0 aromatic heterocycles. The molecule has 1 fully saturated rings. The van der Waals surface area contributed by atoms with Crippen molar-refractivity contribution in [1.29, 1.82) is 0 Å². The number of nitrogens with one attached hydrogen (secondary N) is 1. The van der Waals surface area contributed by atoms with Crippen LogP contribution in [-0.4, -0.2) is 18.3 Å². The van der Waals surface area contributed by atoms with E-state index in [1.165, 1.54) is 6.07 Å². The lowest BCUT2D eigenvalue weighted by atomic mass is 9.97. The number of rotatable bonds is 4. The summed E-state index contributed by atoms with van der Waals surface area (Å²) < 4.78 is 14.0. The molecule has 1 aromatic rings. The third-order valence-electron chi connectivity index (χ3n) is 3.86. The Labute approximate surface area is 116 Å². The molecular weight excluding hydrogens is 269 g/mol. The van der Waals surface area contributed by atoms with Crippen molar-refractivity contribution >= 4 is 28.7 Å². The van der Waals surface area contributed by atoms with E-state index < -0.39 is 5.82 Å². The van der Waals surface area contributed by atoms with E-state index in [1.807, 2.05) is 0 Å². The van der Waals surface area contributed by atoms with Crippen molar-refractivity contribution in [3.05, 3.63) is 16.9 Å². The van der Waals surface area contributed by atoms with Gasteiger partial charge in [0.25, 0.3) is 0 Å². The second-order valence-corrected chi connectivity index (χ2v) is 5.45. The van der Waals surface area contributed by atoms with Crippen molar-refractivity contribution in [3.63, 3.8) is 0 Å². The number of nitrogens with two attached hydrogens (primary N) is 2. The Balaban J connectivity index is 2.09. The quantitative estimate of drug-likeness (QED) is 0.641. The molecule has 1 aromatic carbocycles. The van der Waals surface area contributed by atoms with Crippen LogP contribution in [0.3, 0.4) is 0 Å². The molecule has 6 heteroatoms. The second-order valence-electron chi connectivity index (χ2n) is 5.07. The first kappa shape index (κ1) is 14.2. The van der Waals surface area contributed by atoms with Gasteiger partial charge in [-0.2, -0.15) is 0 Å². The summed E-state index contributed by atoms with van der Waals surface area (Å²) in [6, 6.07) is 1.45. The predicted octanol–water partition coefficient (Wildman–Crippen LogP) is 2.46. The third kappa shape index (κ3) is 2.87. The fourth-order valence-corrected chi connectivity index (χ4v) is 2.85. The van der Waals surface area contributed by atoms with E-state index in [2.05, 4.69) is 5.32 Å². The van der Waals surface area contributed by atoms with Gasteiger partial charge < -0.3 is 21.9 Å². The molecule has 0 radical (unpaired) electrons. The molecule has 1 aliphatic rings. The topological polar surface area (TPSA) is 84.3 Å². The zero-order valence-corrected chi connectivity index (χ0v) is 11.4. The minimum atomic E-state index is -0.613. The molecule has 106 valence electrons. The van der Waals surface area contributed by atoms with Crippen LogP contribution >= 0.6 is 11.6 Å². The summed E-state index contributed by atoms with van der Waals surface area (Å²) in [5, 5.41) is 12.2. The number of aliphatic hydroxyl groups is 1. The maximum atomic E-state index is 14.0. The first-order valence-corrected chi connectivity index (χ1v) is 6.80. The minimum absolute atomic E-state index is 0.109. The van der Waals surface area contributed by atoms with Gasteiger partial charge in [-0.3, -0.25) is 0 Å². The van der Waals surface area contributed by atoms with Crippen LogP contribution in [0.4, 0.5) is 21.5 Å². The number of aliphatic hydroxyl groups excluding tert-OH is 1. The fourth-order valence-electron chi connectivity index (χ4n) is 2.70. The average Bonchev–Trinajstić information content (AvgIpc) is 2.83. The summed E-state index contributed by atoms with van der Waals surface area (Å²) in [5.74, 6) is -0.00104. The van der Waals surface area contributed by atoms with Crippen LogP contribution in [-0.2, 0) is 0 Å². The SMILES string of the molecule is Nc1cc(N)c(NCC2CCCC2CO)c(F)c1Cl. The largest absolute Gasteiger partial charge is 0.397 e. The summed E-state index contributed by atoms with van der Waals surface area (Å²) in [7, 11) is 0. The fraction of sp³-hybridized carbons (Fsp3) is 0.538. The van der Waals surface area contributed by atoms with Gasteiger partial charge >= 0.3 is 0 Å². The molecule has 0 bridgehead atoms. The molecule has 1 saturated carbocycles. The normalized spacial score (nSPS) is 22.7. The van der Waals surface area contributed by atoms with E-state index in [9.17, 15) is 9.50 Å². The Morgan fingerprint density at radius 1 is 1.32 bits per heavy atom. The highest BCUT2D eigenvalue weighted by Crippen LogP contribution is 2.36. The molecule has 2 atom stereocenters. The van der Waals surface area contributed by atoms with E-state index in [0.717, 1.165) is 19.3 Å². The zero-order chi connectivity index (χ0) is 14.0. The molecule has 0 heterocycles. The Hall–Kier alpha value is -1.20. The summed E-state index contributed by atoms with van der Waals surface area (Å²) in [6.45, 7) is 0.749. The number of nitrogen functional groups attached to an aromatic ring is 2. The molecule has 6 N–H and O–H groups in total. The molecule has 2 rings (SSSR count). The highest BCUT2D eigenvalue weighted by molar-refractivity contribution is 6.33. The summed E-state index contributed by atoms with van der Waals surface area (Å²) in [5.41, 5.74) is 11.9. The lowest BCUT2D eigenvalue weighted by Gasteiger charge is -2.20. The van der Waals surface area contributed by atoms with Crippen LogP contribution in [0.5, 0.6) is 0 Å². The molecule has 0 saturated heterocycles. The van der Waals surface area contributed by atoms with Gasteiger partial charge in [0.05, 0.1) is 17.1 Å². The Bertz CT molecular complexity index is 470. The zero-order valence-electron chi connectivity index (χ0n) is 10.6. The smallest absolute Gasteiger partial charge is 0.169 e. The molecule has 0 spiro atoms. The molecule has 0 amide bonds. The van der Waals surface area contributed by atoms with Crippen LogP contribution in [0.25, 0.3) is 0 Å². The van der Waals surface area contributed by atoms with Gasteiger partial charge in [-0.05, 0) is 30.7 Å². The van der Waals surface area contributed by atoms with Crippen molar-refractivity contribution in [2.45, 2.75) is 19.3 Å². The molecule has 0 aliphatic heterocycles. The van der Waals surface area contributed by atoms with Gasteiger partial charge in [-0.1, -0.05) is 18.0 Å². The number of hydrogen-bond donors (Lipinski definition) is 4.